The van der Waals surface area contributed by atoms with E-state index in [0.717, 1.165) is 48.5 Å². The Morgan fingerprint density at radius 3 is 2.10 bits per heavy atom. The Labute approximate surface area is 226 Å². The number of anilines is 1. The smallest absolute Gasteiger partial charge is 0.506 e. The minimum Gasteiger partial charge on any atom is -0.506 e. The average molecular weight is 589 g/mol. The van der Waals surface area contributed by atoms with Crippen LogP contribution in [-0.2, 0) is 0 Å². The minimum atomic E-state index is -4.98. The summed E-state index contributed by atoms with van der Waals surface area (Å²) >= 11 is 11.2. The summed E-state index contributed by atoms with van der Waals surface area (Å²) in [6.07, 6.45) is -3.71. The molecule has 4 rings (SSSR count). The largest absolute Gasteiger partial charge is 0.573 e. The fourth-order valence-corrected chi connectivity index (χ4v) is 3.22. The van der Waals surface area contributed by atoms with Gasteiger partial charge >= 0.3 is 6.36 Å². The molecular formula is C25H15Cl2F5N2O5. The number of pyridine rings is 1. The molecule has 0 aliphatic heterocycles. The van der Waals surface area contributed by atoms with E-state index in [4.69, 9.17) is 33.0 Å². The monoisotopic (exact) mass is 588 g/mol. The fourth-order valence-electron chi connectivity index (χ4n) is 2.85. The van der Waals surface area contributed by atoms with E-state index in [1.807, 2.05) is 0 Å². The van der Waals surface area contributed by atoms with Gasteiger partial charge in [-0.15, -0.1) is 13.2 Å². The van der Waals surface area contributed by atoms with Gasteiger partial charge in [0.05, 0.1) is 15.6 Å². The standard InChI is InChI=1S/C19H11ClF4N2O4.C6H4ClFO/c20-14-7-10(21)1-3-16(14)29-15-4-2-12(30-19(22,23)24)9-13(15)18(28)26-11-5-6-25-17(27)8-11;7-5-3-4(8)1-2-6(5)9/h1-9H,(H2,25,26,27,28);1-3,9H. The number of aromatic nitrogens is 1. The highest BCUT2D eigenvalue weighted by atomic mass is 35.5. The highest BCUT2D eigenvalue weighted by Crippen LogP contribution is 2.35. The number of rotatable bonds is 5. The Morgan fingerprint density at radius 2 is 1.51 bits per heavy atom. The number of aromatic amines is 1. The summed E-state index contributed by atoms with van der Waals surface area (Å²) in [5, 5.41) is 11.0. The SMILES string of the molecule is O=C(Nc1cc[nH]c(=O)c1)c1cc(OC(F)(F)F)ccc1Oc1ccc(F)cc1Cl.Oc1ccc(F)cc1Cl. The number of amides is 1. The maximum absolute atomic E-state index is 13.2. The number of alkyl halides is 3. The summed E-state index contributed by atoms with van der Waals surface area (Å²) in [5.41, 5.74) is -0.759. The van der Waals surface area contributed by atoms with Crippen LogP contribution in [0.2, 0.25) is 10.0 Å². The third kappa shape index (κ3) is 8.90. The molecule has 1 aromatic heterocycles. The first-order chi connectivity index (χ1) is 18.3. The molecule has 1 heterocycles. The van der Waals surface area contributed by atoms with Gasteiger partial charge in [-0.3, -0.25) is 9.59 Å². The van der Waals surface area contributed by atoms with Crippen molar-refractivity contribution in [3.63, 3.8) is 0 Å². The van der Waals surface area contributed by atoms with Crippen LogP contribution in [0.25, 0.3) is 0 Å². The van der Waals surface area contributed by atoms with Gasteiger partial charge in [0, 0.05) is 18.0 Å². The highest BCUT2D eigenvalue weighted by molar-refractivity contribution is 6.32. The molecule has 14 heteroatoms. The first-order valence-corrected chi connectivity index (χ1v) is 11.2. The van der Waals surface area contributed by atoms with E-state index in [0.29, 0.717) is 0 Å². The lowest BCUT2D eigenvalue weighted by molar-refractivity contribution is -0.274. The number of phenols is 1. The van der Waals surface area contributed by atoms with E-state index in [1.54, 1.807) is 0 Å². The summed E-state index contributed by atoms with van der Waals surface area (Å²) in [6.45, 7) is 0. The third-order valence-electron chi connectivity index (χ3n) is 4.49. The average Bonchev–Trinajstić information content (AvgIpc) is 2.83. The normalized spacial score (nSPS) is 10.7. The molecule has 3 aromatic carbocycles. The molecule has 0 atom stereocenters. The van der Waals surface area contributed by atoms with Crippen molar-refractivity contribution in [3.05, 3.63) is 111 Å². The Morgan fingerprint density at radius 1 is 0.872 bits per heavy atom. The highest BCUT2D eigenvalue weighted by Gasteiger charge is 2.31. The topological polar surface area (TPSA) is 101 Å². The van der Waals surface area contributed by atoms with Gasteiger partial charge in [0.25, 0.3) is 5.91 Å². The summed E-state index contributed by atoms with van der Waals surface area (Å²) in [5.74, 6) is -2.95. The van der Waals surface area contributed by atoms with Crippen LogP contribution in [-0.4, -0.2) is 22.4 Å². The van der Waals surface area contributed by atoms with Crippen LogP contribution in [0.4, 0.5) is 27.6 Å². The van der Waals surface area contributed by atoms with Crippen LogP contribution in [0.15, 0.2) is 77.7 Å². The fraction of sp³-hybridized carbons (Fsp3) is 0.0400. The van der Waals surface area contributed by atoms with E-state index in [9.17, 15) is 31.5 Å². The molecule has 0 spiro atoms. The maximum Gasteiger partial charge on any atom is 0.573 e. The number of ether oxygens (including phenoxy) is 2. The lowest BCUT2D eigenvalue weighted by Gasteiger charge is -2.15. The molecular weight excluding hydrogens is 574 g/mol. The second-order valence-corrected chi connectivity index (χ2v) is 8.19. The van der Waals surface area contributed by atoms with Crippen LogP contribution in [0.5, 0.6) is 23.0 Å². The predicted octanol–water partition coefficient (Wildman–Crippen LogP) is 7.30. The number of hydrogen-bond donors (Lipinski definition) is 3. The van der Waals surface area contributed by atoms with E-state index >= 15 is 0 Å². The van der Waals surface area contributed by atoms with Crippen molar-refractivity contribution in [2.75, 3.05) is 5.32 Å². The van der Waals surface area contributed by atoms with Crippen molar-refractivity contribution in [1.82, 2.24) is 4.98 Å². The Hall–Kier alpha value is -4.29. The van der Waals surface area contributed by atoms with E-state index < -0.39 is 35.2 Å². The van der Waals surface area contributed by atoms with Crippen molar-refractivity contribution < 1.29 is 41.3 Å². The number of H-pyrrole nitrogens is 1. The maximum atomic E-state index is 13.2. The van der Waals surface area contributed by atoms with Gasteiger partial charge in [-0.2, -0.15) is 0 Å². The minimum absolute atomic E-state index is 0.0345. The van der Waals surface area contributed by atoms with Crippen LogP contribution in [0.1, 0.15) is 10.4 Å². The zero-order chi connectivity index (χ0) is 28.7. The number of carbonyl (C=O) groups is 1. The Balaban J connectivity index is 0.000000395. The summed E-state index contributed by atoms with van der Waals surface area (Å²) in [7, 11) is 0. The lowest BCUT2D eigenvalue weighted by Crippen LogP contribution is -2.19. The third-order valence-corrected chi connectivity index (χ3v) is 5.08. The molecule has 4 aromatic rings. The van der Waals surface area contributed by atoms with Gasteiger partial charge in [0.2, 0.25) is 5.56 Å². The van der Waals surface area contributed by atoms with Crippen LogP contribution >= 0.6 is 23.2 Å². The summed E-state index contributed by atoms with van der Waals surface area (Å²) in [4.78, 5) is 26.4. The molecule has 1 amide bonds. The molecule has 0 fully saturated rings. The predicted molar refractivity (Wildman–Crippen MR) is 133 cm³/mol. The second-order valence-electron chi connectivity index (χ2n) is 7.37. The summed E-state index contributed by atoms with van der Waals surface area (Å²) < 4.78 is 72.4. The summed E-state index contributed by atoms with van der Waals surface area (Å²) in [6, 6.07) is 11.9. The van der Waals surface area contributed by atoms with Crippen molar-refractivity contribution in [2.45, 2.75) is 6.36 Å². The van der Waals surface area contributed by atoms with Gasteiger partial charge in [0.1, 0.15) is 34.6 Å². The lowest BCUT2D eigenvalue weighted by atomic mass is 10.1. The molecule has 7 nitrogen and oxygen atoms in total. The number of aromatic hydroxyl groups is 1. The van der Waals surface area contributed by atoms with E-state index in [-0.39, 0.29) is 38.5 Å². The zero-order valence-corrected chi connectivity index (χ0v) is 20.7. The molecule has 0 unspecified atom stereocenters. The van der Waals surface area contributed by atoms with E-state index in [1.165, 1.54) is 24.4 Å². The van der Waals surface area contributed by atoms with Crippen LogP contribution < -0.4 is 20.3 Å². The molecule has 0 saturated heterocycles. The molecule has 0 bridgehead atoms. The number of carbonyl (C=O) groups excluding carboxylic acids is 1. The van der Waals surface area contributed by atoms with Gasteiger partial charge in [-0.1, -0.05) is 23.2 Å². The Kier molecular flexibility index (Phi) is 9.38. The first kappa shape index (κ1) is 29.3. The molecule has 0 saturated carbocycles. The Bertz CT molecular complexity index is 1550. The van der Waals surface area contributed by atoms with Gasteiger partial charge < -0.3 is 24.9 Å². The van der Waals surface area contributed by atoms with Crippen LogP contribution in [0.3, 0.4) is 0 Å². The quantitative estimate of drug-likeness (QED) is 0.212. The number of benzene rings is 3. The number of nitrogens with one attached hydrogen (secondary N) is 2. The van der Waals surface area contributed by atoms with Crippen molar-refractivity contribution in [1.29, 1.82) is 0 Å². The van der Waals surface area contributed by atoms with Gasteiger partial charge in [-0.05, 0) is 60.7 Å². The zero-order valence-electron chi connectivity index (χ0n) is 19.2. The molecule has 0 aliphatic rings. The number of hydrogen-bond acceptors (Lipinski definition) is 5. The molecule has 3 N–H and O–H groups in total. The van der Waals surface area contributed by atoms with Gasteiger partial charge in [-0.25, -0.2) is 8.78 Å². The van der Waals surface area contributed by atoms with Crippen molar-refractivity contribution in [2.24, 2.45) is 0 Å². The number of phenolic OH excluding ortho intramolecular Hbond substituents is 1. The molecule has 0 aliphatic carbocycles. The van der Waals surface area contributed by atoms with Gasteiger partial charge in [0.15, 0.2) is 0 Å². The second kappa shape index (κ2) is 12.5. The van der Waals surface area contributed by atoms with Crippen molar-refractivity contribution in [3.8, 4) is 23.0 Å². The first-order valence-electron chi connectivity index (χ1n) is 10.5. The van der Waals surface area contributed by atoms with Crippen LogP contribution in [0, 0.1) is 11.6 Å². The molecule has 39 heavy (non-hydrogen) atoms. The van der Waals surface area contributed by atoms with Crippen molar-refractivity contribution >= 4 is 34.8 Å². The molecule has 204 valence electrons. The van der Waals surface area contributed by atoms with E-state index in [2.05, 4.69) is 15.0 Å². The number of halogens is 7. The molecule has 0 radical (unpaired) electrons.